The molecule has 1 N–H and O–H groups in total. The van der Waals surface area contributed by atoms with Crippen LogP contribution in [0.5, 0.6) is 0 Å². The van der Waals surface area contributed by atoms with Crippen LogP contribution in [0.4, 0.5) is 18.9 Å². The van der Waals surface area contributed by atoms with Crippen LogP contribution < -0.4 is 10.5 Å². The molecule has 0 aliphatic carbocycles. The highest BCUT2D eigenvalue weighted by Crippen LogP contribution is 2.35. The summed E-state index contributed by atoms with van der Waals surface area (Å²) in [4.78, 5) is 9.95. The molecule has 0 bridgehead atoms. The average Bonchev–Trinajstić information content (AvgIpc) is 3.23. The molecule has 1 unspecified atom stereocenters. The molecule has 1 aliphatic heterocycles. The van der Waals surface area contributed by atoms with E-state index in [2.05, 4.69) is 9.97 Å². The highest BCUT2D eigenvalue weighted by molar-refractivity contribution is 6.28. The van der Waals surface area contributed by atoms with Gasteiger partial charge in [0, 0.05) is 25.8 Å². The van der Waals surface area contributed by atoms with Crippen molar-refractivity contribution >= 4 is 28.5 Å². The van der Waals surface area contributed by atoms with Crippen LogP contribution in [0, 0.1) is 11.3 Å². The van der Waals surface area contributed by atoms with Gasteiger partial charge in [0.2, 0.25) is 10.9 Å². The Morgan fingerprint density at radius 2 is 1.96 bits per heavy atom. The Balaban J connectivity index is 1.56. The first-order chi connectivity index (χ1) is 13.2. The maximum Gasteiger partial charge on any atom is 0.393 e. The summed E-state index contributed by atoms with van der Waals surface area (Å²) in [7, 11) is 1.76. The van der Waals surface area contributed by atoms with Crippen molar-refractivity contribution in [3.05, 3.63) is 46.9 Å². The van der Waals surface area contributed by atoms with E-state index in [1.807, 2.05) is 24.3 Å². The molecule has 0 radical (unpaired) electrons. The molecule has 4 rings (SSSR count). The fourth-order valence-corrected chi connectivity index (χ4v) is 3.71. The van der Waals surface area contributed by atoms with E-state index in [0.717, 1.165) is 11.3 Å². The van der Waals surface area contributed by atoms with Crippen LogP contribution in [-0.2, 0) is 13.6 Å². The zero-order chi connectivity index (χ0) is 20.1. The van der Waals surface area contributed by atoms with Gasteiger partial charge in [-0.2, -0.15) is 18.2 Å². The standard InChI is InChI=1S/C18H18ClF3N6/c1-26-14-8-24-16(19)25-15(14)28(17(26)23)9-11-2-4-13(5-3-11)27-7-6-12(10-27)18(20,21)22/h2-5,8,12,23H,6-7,9-10H2,1H3. The number of aryl methyl sites for hydroxylation is 1. The van der Waals surface area contributed by atoms with E-state index in [-0.39, 0.29) is 23.9 Å². The lowest BCUT2D eigenvalue weighted by Crippen LogP contribution is -2.27. The summed E-state index contributed by atoms with van der Waals surface area (Å²) >= 11 is 5.90. The van der Waals surface area contributed by atoms with E-state index in [1.54, 1.807) is 27.3 Å². The van der Waals surface area contributed by atoms with Crippen molar-refractivity contribution in [2.75, 3.05) is 18.0 Å². The summed E-state index contributed by atoms with van der Waals surface area (Å²) in [5.74, 6) is -1.27. The van der Waals surface area contributed by atoms with E-state index in [9.17, 15) is 13.2 Å². The number of halogens is 4. The number of aromatic nitrogens is 4. The van der Waals surface area contributed by atoms with Crippen LogP contribution in [0.3, 0.4) is 0 Å². The minimum absolute atomic E-state index is 0.00674. The van der Waals surface area contributed by atoms with Crippen molar-refractivity contribution in [1.82, 2.24) is 19.1 Å². The first-order valence-corrected chi connectivity index (χ1v) is 9.15. The molecular weight excluding hydrogens is 393 g/mol. The van der Waals surface area contributed by atoms with E-state index in [0.29, 0.717) is 24.3 Å². The van der Waals surface area contributed by atoms with E-state index in [1.165, 1.54) is 0 Å². The predicted molar refractivity (Wildman–Crippen MR) is 99.3 cm³/mol. The van der Waals surface area contributed by atoms with Gasteiger partial charge in [0.1, 0.15) is 5.52 Å². The van der Waals surface area contributed by atoms with Gasteiger partial charge in [0.25, 0.3) is 0 Å². The molecule has 1 aromatic carbocycles. The number of alkyl halides is 3. The number of hydrogen-bond donors (Lipinski definition) is 1. The normalized spacial score (nSPS) is 17.6. The molecule has 1 fully saturated rings. The first kappa shape index (κ1) is 18.8. The summed E-state index contributed by atoms with van der Waals surface area (Å²) < 4.78 is 42.0. The molecule has 1 atom stereocenters. The largest absolute Gasteiger partial charge is 0.393 e. The highest BCUT2D eigenvalue weighted by atomic mass is 35.5. The van der Waals surface area contributed by atoms with Gasteiger partial charge in [-0.05, 0) is 35.7 Å². The third kappa shape index (κ3) is 3.34. The van der Waals surface area contributed by atoms with Crippen LogP contribution in [0.2, 0.25) is 5.28 Å². The molecule has 0 amide bonds. The molecule has 0 spiro atoms. The van der Waals surface area contributed by atoms with E-state index >= 15 is 0 Å². The molecule has 3 aromatic rings. The number of anilines is 1. The van der Waals surface area contributed by atoms with Gasteiger partial charge in [-0.25, -0.2) is 4.98 Å². The zero-order valence-corrected chi connectivity index (χ0v) is 15.8. The third-order valence-electron chi connectivity index (χ3n) is 5.20. The van der Waals surface area contributed by atoms with Crippen LogP contribution >= 0.6 is 11.6 Å². The summed E-state index contributed by atoms with van der Waals surface area (Å²) in [6.45, 7) is 0.788. The zero-order valence-electron chi connectivity index (χ0n) is 15.0. The summed E-state index contributed by atoms with van der Waals surface area (Å²) in [6, 6.07) is 7.38. The molecule has 3 heterocycles. The Hall–Kier alpha value is -2.55. The molecule has 28 heavy (non-hydrogen) atoms. The Labute approximate surface area is 163 Å². The van der Waals surface area contributed by atoms with Crippen molar-refractivity contribution in [1.29, 1.82) is 5.41 Å². The number of nitrogens with one attached hydrogen (secondary N) is 1. The lowest BCUT2D eigenvalue weighted by molar-refractivity contribution is -0.168. The Bertz CT molecular complexity index is 1070. The fraction of sp³-hybridized carbons (Fsp3) is 0.389. The Morgan fingerprint density at radius 3 is 2.61 bits per heavy atom. The van der Waals surface area contributed by atoms with E-state index in [4.69, 9.17) is 17.0 Å². The number of imidazole rings is 1. The lowest BCUT2D eigenvalue weighted by atomic mass is 10.1. The van der Waals surface area contributed by atoms with Gasteiger partial charge >= 0.3 is 6.18 Å². The molecule has 10 heteroatoms. The third-order valence-corrected chi connectivity index (χ3v) is 5.39. The summed E-state index contributed by atoms with van der Waals surface area (Å²) in [6.07, 6.45) is -2.44. The second kappa shape index (κ2) is 6.80. The Kier molecular flexibility index (Phi) is 4.57. The van der Waals surface area contributed by atoms with Crippen LogP contribution in [0.1, 0.15) is 12.0 Å². The van der Waals surface area contributed by atoms with Crippen LogP contribution in [0.25, 0.3) is 11.2 Å². The van der Waals surface area contributed by atoms with Crippen LogP contribution in [0.15, 0.2) is 30.5 Å². The van der Waals surface area contributed by atoms with Gasteiger partial charge in [-0.1, -0.05) is 12.1 Å². The number of rotatable bonds is 3. The maximum absolute atomic E-state index is 12.9. The first-order valence-electron chi connectivity index (χ1n) is 8.77. The second-order valence-electron chi connectivity index (χ2n) is 6.96. The number of benzene rings is 1. The smallest absolute Gasteiger partial charge is 0.371 e. The van der Waals surface area contributed by atoms with Crippen LogP contribution in [-0.4, -0.2) is 38.4 Å². The van der Waals surface area contributed by atoms with Crippen molar-refractivity contribution in [3.8, 4) is 0 Å². The van der Waals surface area contributed by atoms with Gasteiger partial charge in [-0.15, -0.1) is 0 Å². The SMILES string of the molecule is Cn1c(=N)n(Cc2ccc(N3CCC(C(F)(F)F)C3)cc2)c2nc(Cl)ncc21. The van der Waals surface area contributed by atoms with Crippen molar-refractivity contribution in [3.63, 3.8) is 0 Å². The number of hydrogen-bond acceptors (Lipinski definition) is 4. The molecule has 1 aliphatic rings. The van der Waals surface area contributed by atoms with E-state index < -0.39 is 12.1 Å². The lowest BCUT2D eigenvalue weighted by Gasteiger charge is -2.20. The number of fused-ring (bicyclic) bond motifs is 1. The van der Waals surface area contributed by atoms with Crippen molar-refractivity contribution in [2.24, 2.45) is 13.0 Å². The quantitative estimate of drug-likeness (QED) is 0.674. The minimum atomic E-state index is -4.15. The van der Waals surface area contributed by atoms with Gasteiger partial charge in [0.05, 0.1) is 18.7 Å². The monoisotopic (exact) mass is 410 g/mol. The highest BCUT2D eigenvalue weighted by Gasteiger charge is 2.43. The molecular formula is C18H18ClF3N6. The van der Waals surface area contributed by atoms with Gasteiger partial charge in [0.15, 0.2) is 5.65 Å². The van der Waals surface area contributed by atoms with Gasteiger partial charge in [-0.3, -0.25) is 9.98 Å². The molecule has 1 saturated heterocycles. The predicted octanol–water partition coefficient (Wildman–Crippen LogP) is 3.34. The molecule has 6 nitrogen and oxygen atoms in total. The average molecular weight is 411 g/mol. The fourth-order valence-electron chi connectivity index (χ4n) is 3.58. The molecule has 148 valence electrons. The Morgan fingerprint density at radius 1 is 1.25 bits per heavy atom. The summed E-state index contributed by atoms with van der Waals surface area (Å²) in [5.41, 5.74) is 3.19. The molecule has 2 aromatic heterocycles. The number of nitrogens with zero attached hydrogens (tertiary/aromatic N) is 5. The summed E-state index contributed by atoms with van der Waals surface area (Å²) in [5, 5.41) is 8.41. The molecule has 0 saturated carbocycles. The van der Waals surface area contributed by atoms with Crippen molar-refractivity contribution in [2.45, 2.75) is 19.1 Å². The van der Waals surface area contributed by atoms with Gasteiger partial charge < -0.3 is 9.47 Å². The second-order valence-corrected chi connectivity index (χ2v) is 7.29. The topological polar surface area (TPSA) is 62.7 Å². The minimum Gasteiger partial charge on any atom is -0.371 e. The van der Waals surface area contributed by atoms with Crippen molar-refractivity contribution < 1.29 is 13.2 Å². The maximum atomic E-state index is 12.9.